The molecular formula is C21H25BrN4O4S. The lowest BCUT2D eigenvalue weighted by atomic mass is 10.0. The van der Waals surface area contributed by atoms with Crippen LogP contribution in [0.2, 0.25) is 0 Å². The van der Waals surface area contributed by atoms with Crippen LogP contribution in [0.5, 0.6) is 5.06 Å². The average molecular weight is 509 g/mol. The number of anilines is 1. The molecule has 0 unspecified atom stereocenters. The fourth-order valence-corrected chi connectivity index (χ4v) is 4.41. The second kappa shape index (κ2) is 10.7. The van der Waals surface area contributed by atoms with E-state index in [4.69, 9.17) is 4.74 Å². The zero-order valence-electron chi connectivity index (χ0n) is 17.4. The minimum atomic E-state index is -0.996. The average Bonchev–Trinajstić information content (AvgIpc) is 3.02. The number of hydrogen-bond acceptors (Lipinski definition) is 6. The van der Waals surface area contributed by atoms with Crippen molar-refractivity contribution >= 4 is 50.9 Å². The van der Waals surface area contributed by atoms with Crippen LogP contribution >= 0.6 is 27.3 Å². The number of thiophene rings is 1. The van der Waals surface area contributed by atoms with Gasteiger partial charge in [-0.15, -0.1) is 0 Å². The number of halogens is 1. The van der Waals surface area contributed by atoms with Gasteiger partial charge in [-0.25, -0.2) is 4.79 Å². The van der Waals surface area contributed by atoms with E-state index in [9.17, 15) is 14.4 Å². The second-order valence-electron chi connectivity index (χ2n) is 7.36. The molecule has 0 saturated heterocycles. The molecule has 1 aliphatic rings. The number of carbonyl (C=O) groups excluding carboxylic acids is 3. The Morgan fingerprint density at radius 1 is 1.16 bits per heavy atom. The largest absolute Gasteiger partial charge is 0.414 e. The quantitative estimate of drug-likeness (QED) is 0.556. The summed E-state index contributed by atoms with van der Waals surface area (Å²) in [5, 5.41) is 8.32. The Morgan fingerprint density at radius 2 is 1.90 bits per heavy atom. The van der Waals surface area contributed by atoms with Crippen LogP contribution in [-0.2, 0) is 22.4 Å². The SMILES string of the molecule is CC(=O)NC[C@@H](NC(=O)Oc1ccc(Br)s1)C(=O)Nc1ccc2c(c1)CCN(C)CC2. The van der Waals surface area contributed by atoms with Gasteiger partial charge < -0.3 is 25.6 Å². The monoisotopic (exact) mass is 508 g/mol. The Labute approximate surface area is 193 Å². The Hall–Kier alpha value is -2.43. The van der Waals surface area contributed by atoms with E-state index >= 15 is 0 Å². The predicted molar refractivity (Wildman–Crippen MR) is 124 cm³/mol. The van der Waals surface area contributed by atoms with Gasteiger partial charge in [0.15, 0.2) is 5.06 Å². The van der Waals surface area contributed by atoms with Gasteiger partial charge in [-0.2, -0.15) is 0 Å². The van der Waals surface area contributed by atoms with Crippen molar-refractivity contribution in [2.24, 2.45) is 0 Å². The molecular weight excluding hydrogens is 484 g/mol. The number of ether oxygens (including phenoxy) is 1. The standard InChI is InChI=1S/C21H25BrN4O4S/c1-13(27)23-12-17(25-21(29)30-19-6-5-18(22)31-19)20(28)24-16-4-3-14-7-9-26(2)10-8-15(14)11-16/h3-6,11,17H,7-10,12H2,1-2H3,(H,23,27)(H,24,28)(H,25,29)/t17-/m1/s1. The summed E-state index contributed by atoms with van der Waals surface area (Å²) in [6.07, 6.45) is 1.10. The summed E-state index contributed by atoms with van der Waals surface area (Å²) in [4.78, 5) is 38.7. The minimum absolute atomic E-state index is 0.0554. The lowest BCUT2D eigenvalue weighted by molar-refractivity contribution is -0.120. The third kappa shape index (κ3) is 7.05. The maximum absolute atomic E-state index is 12.9. The first kappa shape index (κ1) is 23.2. The van der Waals surface area contributed by atoms with Crippen LogP contribution in [0.25, 0.3) is 0 Å². The molecule has 10 heteroatoms. The van der Waals surface area contributed by atoms with Crippen molar-refractivity contribution in [2.75, 3.05) is 32.0 Å². The maximum Gasteiger partial charge on any atom is 0.414 e. The number of benzene rings is 1. The van der Waals surface area contributed by atoms with Crippen LogP contribution in [0.1, 0.15) is 18.1 Å². The van der Waals surface area contributed by atoms with Gasteiger partial charge >= 0.3 is 6.09 Å². The molecule has 0 aliphatic carbocycles. The van der Waals surface area contributed by atoms with E-state index < -0.39 is 18.0 Å². The van der Waals surface area contributed by atoms with Gasteiger partial charge in [-0.1, -0.05) is 17.4 Å². The maximum atomic E-state index is 12.9. The van der Waals surface area contributed by atoms with Crippen LogP contribution in [0.15, 0.2) is 34.1 Å². The number of nitrogens with zero attached hydrogens (tertiary/aromatic N) is 1. The number of nitrogens with one attached hydrogen (secondary N) is 3. The van der Waals surface area contributed by atoms with Gasteiger partial charge in [0.2, 0.25) is 11.8 Å². The number of amides is 3. The molecule has 1 atom stereocenters. The third-order valence-electron chi connectivity index (χ3n) is 4.91. The van der Waals surface area contributed by atoms with Crippen molar-refractivity contribution in [1.82, 2.24) is 15.5 Å². The van der Waals surface area contributed by atoms with Gasteiger partial charge in [-0.3, -0.25) is 9.59 Å². The number of hydrogen-bond donors (Lipinski definition) is 3. The van der Waals surface area contributed by atoms with E-state index in [1.165, 1.54) is 29.4 Å². The molecule has 0 saturated carbocycles. The fourth-order valence-electron chi connectivity index (χ4n) is 3.21. The highest BCUT2D eigenvalue weighted by Crippen LogP contribution is 2.28. The highest BCUT2D eigenvalue weighted by atomic mass is 79.9. The van der Waals surface area contributed by atoms with Crippen LogP contribution in [0, 0.1) is 0 Å². The lowest BCUT2D eigenvalue weighted by Gasteiger charge is -2.19. The highest BCUT2D eigenvalue weighted by Gasteiger charge is 2.23. The third-order valence-corrected chi connectivity index (χ3v) is 6.41. The number of fused-ring (bicyclic) bond motifs is 1. The van der Waals surface area contributed by atoms with Crippen molar-refractivity contribution in [3.8, 4) is 5.06 Å². The molecule has 3 amide bonds. The van der Waals surface area contributed by atoms with Crippen molar-refractivity contribution in [3.63, 3.8) is 0 Å². The molecule has 2 heterocycles. The number of rotatable bonds is 6. The van der Waals surface area contributed by atoms with E-state index in [0.29, 0.717) is 10.8 Å². The normalized spacial score (nSPS) is 14.7. The first-order valence-electron chi connectivity index (χ1n) is 9.89. The van der Waals surface area contributed by atoms with E-state index in [1.54, 1.807) is 12.1 Å². The summed E-state index contributed by atoms with van der Waals surface area (Å²) in [6, 6.07) is 8.27. The topological polar surface area (TPSA) is 99.8 Å². The molecule has 8 nitrogen and oxygen atoms in total. The Balaban J connectivity index is 1.66. The van der Waals surface area contributed by atoms with Crippen molar-refractivity contribution in [3.05, 3.63) is 45.2 Å². The van der Waals surface area contributed by atoms with Crippen LogP contribution in [0.3, 0.4) is 0 Å². The van der Waals surface area contributed by atoms with E-state index in [-0.39, 0.29) is 12.5 Å². The number of carbonyl (C=O) groups is 3. The number of likely N-dealkylation sites (N-methyl/N-ethyl adjacent to an activating group) is 1. The van der Waals surface area contributed by atoms with Crippen molar-refractivity contribution in [2.45, 2.75) is 25.8 Å². The van der Waals surface area contributed by atoms with E-state index in [2.05, 4.69) is 43.8 Å². The second-order valence-corrected chi connectivity index (χ2v) is 9.78. The smallest absolute Gasteiger partial charge is 0.399 e. The molecule has 3 rings (SSSR count). The minimum Gasteiger partial charge on any atom is -0.399 e. The molecule has 2 aromatic rings. The first-order chi connectivity index (χ1) is 14.8. The van der Waals surface area contributed by atoms with Crippen LogP contribution in [-0.4, -0.2) is 55.5 Å². The molecule has 1 aliphatic heterocycles. The predicted octanol–water partition coefficient (Wildman–Crippen LogP) is 2.77. The Bertz CT molecular complexity index is 965. The Kier molecular flexibility index (Phi) is 8.05. The van der Waals surface area contributed by atoms with E-state index in [1.807, 2.05) is 18.2 Å². The molecule has 1 aromatic heterocycles. The first-order valence-corrected chi connectivity index (χ1v) is 11.5. The zero-order chi connectivity index (χ0) is 22.4. The summed E-state index contributed by atoms with van der Waals surface area (Å²) in [5.41, 5.74) is 3.13. The van der Waals surface area contributed by atoms with Gasteiger partial charge in [0, 0.05) is 32.2 Å². The summed E-state index contributed by atoms with van der Waals surface area (Å²) < 4.78 is 6.03. The summed E-state index contributed by atoms with van der Waals surface area (Å²) in [5.74, 6) is -0.743. The van der Waals surface area contributed by atoms with Crippen molar-refractivity contribution in [1.29, 1.82) is 0 Å². The zero-order valence-corrected chi connectivity index (χ0v) is 19.8. The molecule has 1 aromatic carbocycles. The van der Waals surface area contributed by atoms with Gasteiger partial charge in [0.1, 0.15) is 6.04 Å². The van der Waals surface area contributed by atoms with Crippen molar-refractivity contribution < 1.29 is 19.1 Å². The Morgan fingerprint density at radius 3 is 2.58 bits per heavy atom. The summed E-state index contributed by atoms with van der Waals surface area (Å²) >= 11 is 4.55. The molecule has 0 fully saturated rings. The van der Waals surface area contributed by atoms with E-state index in [0.717, 1.165) is 29.7 Å². The van der Waals surface area contributed by atoms with Gasteiger partial charge in [-0.05, 0) is 71.2 Å². The summed E-state index contributed by atoms with van der Waals surface area (Å²) in [7, 11) is 2.10. The van der Waals surface area contributed by atoms with Crippen LogP contribution in [0.4, 0.5) is 10.5 Å². The lowest BCUT2D eigenvalue weighted by Crippen LogP contribution is -2.51. The molecule has 0 spiro atoms. The molecule has 0 bridgehead atoms. The fraction of sp³-hybridized carbons (Fsp3) is 0.381. The molecule has 166 valence electrons. The van der Waals surface area contributed by atoms with Gasteiger partial charge in [0.05, 0.1) is 3.79 Å². The molecule has 0 radical (unpaired) electrons. The van der Waals surface area contributed by atoms with Crippen LogP contribution < -0.4 is 20.7 Å². The van der Waals surface area contributed by atoms with Gasteiger partial charge in [0.25, 0.3) is 0 Å². The molecule has 31 heavy (non-hydrogen) atoms. The molecule has 3 N–H and O–H groups in total. The highest BCUT2D eigenvalue weighted by molar-refractivity contribution is 9.11. The summed E-state index contributed by atoms with van der Waals surface area (Å²) in [6.45, 7) is 3.26.